The van der Waals surface area contributed by atoms with Crippen molar-refractivity contribution in [1.29, 1.82) is 0 Å². The number of carbonyl (C=O) groups is 1. The molecule has 1 aromatic heterocycles. The third-order valence-corrected chi connectivity index (χ3v) is 3.48. The lowest BCUT2D eigenvalue weighted by Crippen LogP contribution is -1.99. The van der Waals surface area contributed by atoms with Gasteiger partial charge < -0.3 is 9.15 Å². The molecule has 0 N–H and O–H groups in total. The summed E-state index contributed by atoms with van der Waals surface area (Å²) in [6, 6.07) is 0. The summed E-state index contributed by atoms with van der Waals surface area (Å²) in [4.78, 5) is 11.3. The van der Waals surface area contributed by atoms with Gasteiger partial charge in [-0.15, -0.1) is 0 Å². The van der Waals surface area contributed by atoms with Crippen LogP contribution < -0.4 is 0 Å². The van der Waals surface area contributed by atoms with Gasteiger partial charge in [0.2, 0.25) is 0 Å². The van der Waals surface area contributed by atoms with Crippen LogP contribution in [0, 0.1) is 20.8 Å². The van der Waals surface area contributed by atoms with Crippen LogP contribution in [0.5, 0.6) is 0 Å². The minimum atomic E-state index is -0.309. The van der Waals surface area contributed by atoms with E-state index in [1.165, 1.54) is 11.6 Å². The molecule has 0 aliphatic rings. The van der Waals surface area contributed by atoms with Crippen LogP contribution in [0.1, 0.15) is 43.4 Å². The van der Waals surface area contributed by atoms with Gasteiger partial charge in [-0.3, -0.25) is 0 Å². The number of carbonyl (C=O) groups excluding carboxylic acids is 1. The minimum Gasteiger partial charge on any atom is -0.466 e. The van der Waals surface area contributed by atoms with E-state index >= 15 is 0 Å². The van der Waals surface area contributed by atoms with E-state index in [1.54, 1.807) is 6.92 Å². The van der Waals surface area contributed by atoms with E-state index < -0.39 is 0 Å². The van der Waals surface area contributed by atoms with Crippen molar-refractivity contribution in [2.75, 3.05) is 6.61 Å². The number of ether oxygens (including phenoxy) is 1. The molecule has 0 bridgehead atoms. The van der Waals surface area contributed by atoms with Gasteiger partial charge in [-0.25, -0.2) is 4.79 Å². The molecule has 0 aliphatic heterocycles. The maximum absolute atomic E-state index is 11.3. The predicted octanol–water partition coefficient (Wildman–Crippen LogP) is 5.23. The molecular formula is C20H26O3. The molecule has 0 fully saturated rings. The van der Waals surface area contributed by atoms with Crippen molar-refractivity contribution < 1.29 is 13.9 Å². The molecule has 0 atom stereocenters. The molecule has 0 spiro atoms. The Morgan fingerprint density at radius 1 is 1.09 bits per heavy atom. The fourth-order valence-corrected chi connectivity index (χ4v) is 2.10. The molecule has 0 aliphatic carbocycles. The lowest BCUT2D eigenvalue weighted by Gasteiger charge is -1.96. The van der Waals surface area contributed by atoms with Gasteiger partial charge in [0.25, 0.3) is 0 Å². The second-order valence-electron chi connectivity index (χ2n) is 5.50. The molecule has 1 rings (SSSR count). The Morgan fingerprint density at radius 2 is 1.78 bits per heavy atom. The molecule has 1 heterocycles. The Balaban J connectivity index is 2.72. The summed E-state index contributed by atoms with van der Waals surface area (Å²) in [5.41, 5.74) is 4.28. The molecule has 0 amide bonds. The molecule has 0 radical (unpaired) electrons. The molecule has 3 heteroatoms. The fourth-order valence-electron chi connectivity index (χ4n) is 2.10. The molecular weight excluding hydrogens is 288 g/mol. The number of hydrogen-bond acceptors (Lipinski definition) is 3. The molecule has 1 aromatic rings. The number of allylic oxidation sites excluding steroid dienone is 6. The lowest BCUT2D eigenvalue weighted by atomic mass is 10.1. The highest BCUT2D eigenvalue weighted by Crippen LogP contribution is 2.22. The number of furan rings is 1. The van der Waals surface area contributed by atoms with Gasteiger partial charge in [0.15, 0.2) is 0 Å². The Kier molecular flexibility index (Phi) is 7.33. The zero-order chi connectivity index (χ0) is 17.4. The van der Waals surface area contributed by atoms with Crippen LogP contribution in [-0.4, -0.2) is 12.6 Å². The summed E-state index contributed by atoms with van der Waals surface area (Å²) in [5.74, 6) is 1.59. The third-order valence-electron chi connectivity index (χ3n) is 3.48. The van der Waals surface area contributed by atoms with E-state index in [0.717, 1.165) is 28.2 Å². The zero-order valence-corrected chi connectivity index (χ0v) is 14.9. The average Bonchev–Trinajstić information content (AvgIpc) is 2.70. The predicted molar refractivity (Wildman–Crippen MR) is 95.2 cm³/mol. The van der Waals surface area contributed by atoms with E-state index in [2.05, 4.69) is 19.1 Å². The first-order valence-corrected chi connectivity index (χ1v) is 7.79. The maximum Gasteiger partial charge on any atom is 0.330 e. The Bertz CT molecular complexity index is 667. The number of rotatable bonds is 6. The smallest absolute Gasteiger partial charge is 0.330 e. The average molecular weight is 314 g/mol. The van der Waals surface area contributed by atoms with E-state index in [9.17, 15) is 4.79 Å². The molecule has 0 unspecified atom stereocenters. The minimum absolute atomic E-state index is 0.309. The zero-order valence-electron chi connectivity index (χ0n) is 14.9. The molecule has 3 nitrogen and oxygen atoms in total. The Morgan fingerprint density at radius 3 is 2.35 bits per heavy atom. The normalized spacial score (nSPS) is 13.3. The van der Waals surface area contributed by atoms with Crippen LogP contribution in [-0.2, 0) is 9.53 Å². The van der Waals surface area contributed by atoms with Crippen LogP contribution in [0.25, 0.3) is 6.08 Å². The Hall–Kier alpha value is -2.29. The van der Waals surface area contributed by atoms with Crippen LogP contribution in [0.4, 0.5) is 0 Å². The maximum atomic E-state index is 11.3. The van der Waals surface area contributed by atoms with Gasteiger partial charge in [0.1, 0.15) is 11.5 Å². The highest BCUT2D eigenvalue weighted by atomic mass is 16.5. The van der Waals surface area contributed by atoms with Crippen molar-refractivity contribution in [1.82, 2.24) is 0 Å². The quantitative estimate of drug-likeness (QED) is 0.410. The van der Waals surface area contributed by atoms with Crippen molar-refractivity contribution in [3.05, 3.63) is 64.2 Å². The largest absolute Gasteiger partial charge is 0.466 e. The second-order valence-corrected chi connectivity index (χ2v) is 5.50. The van der Waals surface area contributed by atoms with E-state index in [1.807, 2.05) is 45.9 Å². The Labute approximate surface area is 139 Å². The third kappa shape index (κ3) is 6.15. The molecule has 0 saturated carbocycles. The summed E-state index contributed by atoms with van der Waals surface area (Å²) in [7, 11) is 0. The van der Waals surface area contributed by atoms with Crippen LogP contribution in [0.2, 0.25) is 0 Å². The summed E-state index contributed by atoms with van der Waals surface area (Å²) < 4.78 is 10.5. The van der Waals surface area contributed by atoms with Crippen molar-refractivity contribution >= 4 is 12.0 Å². The second kappa shape index (κ2) is 8.99. The first kappa shape index (κ1) is 18.8. The van der Waals surface area contributed by atoms with Crippen LogP contribution in [0.3, 0.4) is 0 Å². The lowest BCUT2D eigenvalue weighted by molar-refractivity contribution is -0.137. The molecule has 124 valence electrons. The van der Waals surface area contributed by atoms with Gasteiger partial charge in [0.05, 0.1) is 6.61 Å². The number of esters is 1. The first-order valence-electron chi connectivity index (χ1n) is 7.79. The highest BCUT2D eigenvalue weighted by molar-refractivity contribution is 5.83. The van der Waals surface area contributed by atoms with Gasteiger partial charge in [-0.05, 0) is 52.7 Å². The summed E-state index contributed by atoms with van der Waals surface area (Å²) >= 11 is 0. The topological polar surface area (TPSA) is 39.4 Å². The SMILES string of the molecule is CCOC(=O)/C=C(C)/C=C/C=C(C)/C=C/c1c(C)oc(C)c1C. The number of hydrogen-bond donors (Lipinski definition) is 0. The van der Waals surface area contributed by atoms with Crippen LogP contribution in [0.15, 0.2) is 45.9 Å². The van der Waals surface area contributed by atoms with Gasteiger partial charge in [0, 0.05) is 11.6 Å². The van der Waals surface area contributed by atoms with E-state index in [0.29, 0.717) is 6.61 Å². The summed E-state index contributed by atoms with van der Waals surface area (Å²) in [5, 5.41) is 0. The fraction of sp³-hybridized carbons (Fsp3) is 0.350. The van der Waals surface area contributed by atoms with Crippen molar-refractivity contribution in [3.63, 3.8) is 0 Å². The van der Waals surface area contributed by atoms with Crippen molar-refractivity contribution in [2.45, 2.75) is 41.5 Å². The van der Waals surface area contributed by atoms with Gasteiger partial charge in [-0.1, -0.05) is 36.0 Å². The van der Waals surface area contributed by atoms with Gasteiger partial charge >= 0.3 is 5.97 Å². The van der Waals surface area contributed by atoms with Crippen molar-refractivity contribution in [3.8, 4) is 0 Å². The standard InChI is InChI=1S/C20H26O3/c1-7-22-20(21)13-15(3)10-8-9-14(2)11-12-19-16(4)17(5)23-18(19)6/h8-13H,7H2,1-6H3/b10-8+,12-11+,14-9+,15-13+. The monoisotopic (exact) mass is 314 g/mol. The molecule has 0 aromatic carbocycles. The summed E-state index contributed by atoms with van der Waals surface area (Å²) in [6.07, 6.45) is 11.4. The van der Waals surface area contributed by atoms with Gasteiger partial charge in [-0.2, -0.15) is 0 Å². The van der Waals surface area contributed by atoms with E-state index in [-0.39, 0.29) is 5.97 Å². The van der Waals surface area contributed by atoms with E-state index in [4.69, 9.17) is 9.15 Å². The highest BCUT2D eigenvalue weighted by Gasteiger charge is 2.07. The first-order chi connectivity index (χ1) is 10.8. The van der Waals surface area contributed by atoms with Crippen LogP contribution >= 0.6 is 0 Å². The van der Waals surface area contributed by atoms with Crippen molar-refractivity contribution in [2.24, 2.45) is 0 Å². The molecule has 23 heavy (non-hydrogen) atoms. The molecule has 0 saturated heterocycles. The summed E-state index contributed by atoms with van der Waals surface area (Å²) in [6.45, 7) is 12.1. The number of aryl methyl sites for hydroxylation is 2.